The smallest absolute Gasteiger partial charge is 0.352 e. The maximum absolute atomic E-state index is 12.6. The minimum absolute atomic E-state index is 0.0180. The third kappa shape index (κ3) is 4.09. The van der Waals surface area contributed by atoms with E-state index in [9.17, 15) is 22.8 Å². The number of halogens is 3. The van der Waals surface area contributed by atoms with Gasteiger partial charge in [0.2, 0.25) is 11.8 Å². The van der Waals surface area contributed by atoms with E-state index in [-0.39, 0.29) is 37.2 Å². The van der Waals surface area contributed by atoms with Gasteiger partial charge in [-0.3, -0.25) is 9.59 Å². The molecular formula is C13H20F3N3O2. The van der Waals surface area contributed by atoms with Gasteiger partial charge in [-0.15, -0.1) is 0 Å². The molecular weight excluding hydrogens is 287 g/mol. The third-order valence-electron chi connectivity index (χ3n) is 4.08. The van der Waals surface area contributed by atoms with Crippen LogP contribution in [0.1, 0.15) is 26.2 Å². The van der Waals surface area contributed by atoms with Crippen LogP contribution in [0.3, 0.4) is 0 Å². The molecule has 0 aromatic heterocycles. The van der Waals surface area contributed by atoms with Crippen LogP contribution in [0.5, 0.6) is 0 Å². The van der Waals surface area contributed by atoms with Crippen molar-refractivity contribution in [3.8, 4) is 0 Å². The van der Waals surface area contributed by atoms with Crippen LogP contribution >= 0.6 is 0 Å². The minimum atomic E-state index is -4.20. The fourth-order valence-corrected chi connectivity index (χ4v) is 2.93. The van der Waals surface area contributed by atoms with Gasteiger partial charge in [-0.1, -0.05) is 0 Å². The van der Waals surface area contributed by atoms with Crippen LogP contribution in [0.4, 0.5) is 13.2 Å². The van der Waals surface area contributed by atoms with Crippen molar-refractivity contribution in [2.45, 2.75) is 44.4 Å². The second-order valence-electron chi connectivity index (χ2n) is 5.75. The van der Waals surface area contributed by atoms with Gasteiger partial charge in [0.15, 0.2) is 0 Å². The molecule has 21 heavy (non-hydrogen) atoms. The Labute approximate surface area is 121 Å². The highest BCUT2D eigenvalue weighted by Crippen LogP contribution is 2.32. The standard InChI is InChI=1S/C13H20F3N3O2/c1-8(20)18-10-4-5-19(7-10)12(21)11-3-2-9(6-17-11)13(14,15)16/h9-11,17H,2-7H2,1H3,(H,18,20). The molecule has 2 fully saturated rings. The SMILES string of the molecule is CC(=O)NC1CCN(C(=O)C2CCC(C(F)(F)F)CN2)C1. The summed E-state index contributed by atoms with van der Waals surface area (Å²) in [5, 5.41) is 5.46. The van der Waals surface area contributed by atoms with E-state index in [4.69, 9.17) is 0 Å². The monoisotopic (exact) mass is 307 g/mol. The summed E-state index contributed by atoms with van der Waals surface area (Å²) in [6, 6.07) is -0.599. The van der Waals surface area contributed by atoms with Crippen molar-refractivity contribution in [2.24, 2.45) is 5.92 Å². The topological polar surface area (TPSA) is 61.4 Å². The Morgan fingerprint density at radius 2 is 1.95 bits per heavy atom. The molecule has 0 aromatic rings. The number of likely N-dealkylation sites (tertiary alicyclic amines) is 1. The molecule has 0 aliphatic carbocycles. The van der Waals surface area contributed by atoms with Gasteiger partial charge >= 0.3 is 6.18 Å². The first-order valence-corrected chi connectivity index (χ1v) is 7.13. The minimum Gasteiger partial charge on any atom is -0.352 e. The number of rotatable bonds is 2. The number of piperidine rings is 1. The van der Waals surface area contributed by atoms with Crippen LogP contribution in [0.25, 0.3) is 0 Å². The van der Waals surface area contributed by atoms with Crippen molar-refractivity contribution in [3.05, 3.63) is 0 Å². The van der Waals surface area contributed by atoms with E-state index in [1.807, 2.05) is 0 Å². The van der Waals surface area contributed by atoms with Crippen LogP contribution in [-0.4, -0.2) is 54.6 Å². The van der Waals surface area contributed by atoms with E-state index >= 15 is 0 Å². The normalized spacial score (nSPS) is 30.3. The van der Waals surface area contributed by atoms with E-state index in [2.05, 4.69) is 10.6 Å². The molecule has 2 aliphatic heterocycles. The Kier molecular flexibility index (Phi) is 4.75. The molecule has 2 heterocycles. The summed E-state index contributed by atoms with van der Waals surface area (Å²) in [5.74, 6) is -1.67. The molecule has 8 heteroatoms. The zero-order valence-corrected chi connectivity index (χ0v) is 11.9. The summed E-state index contributed by atoms with van der Waals surface area (Å²) >= 11 is 0. The Bertz CT molecular complexity index is 406. The molecule has 120 valence electrons. The van der Waals surface area contributed by atoms with Gasteiger partial charge in [0, 0.05) is 32.6 Å². The van der Waals surface area contributed by atoms with Gasteiger partial charge in [-0.25, -0.2) is 0 Å². The summed E-state index contributed by atoms with van der Waals surface area (Å²) in [6.07, 6.45) is -3.34. The molecule has 0 spiro atoms. The van der Waals surface area contributed by atoms with E-state index in [1.165, 1.54) is 6.92 Å². The van der Waals surface area contributed by atoms with Crippen molar-refractivity contribution in [3.63, 3.8) is 0 Å². The van der Waals surface area contributed by atoms with Crippen molar-refractivity contribution in [1.29, 1.82) is 0 Å². The molecule has 2 aliphatic rings. The number of alkyl halides is 3. The average molecular weight is 307 g/mol. The molecule has 3 unspecified atom stereocenters. The summed E-state index contributed by atoms with van der Waals surface area (Å²) in [7, 11) is 0. The lowest BCUT2D eigenvalue weighted by atomic mass is 9.93. The van der Waals surface area contributed by atoms with E-state index < -0.39 is 18.1 Å². The van der Waals surface area contributed by atoms with Crippen LogP contribution in [0.15, 0.2) is 0 Å². The van der Waals surface area contributed by atoms with Gasteiger partial charge in [0.05, 0.1) is 12.0 Å². The van der Waals surface area contributed by atoms with E-state index in [0.29, 0.717) is 19.5 Å². The Hall–Kier alpha value is -1.31. The highest BCUT2D eigenvalue weighted by Gasteiger charge is 2.43. The Morgan fingerprint density at radius 3 is 2.48 bits per heavy atom. The lowest BCUT2D eigenvalue weighted by Crippen LogP contribution is -2.52. The van der Waals surface area contributed by atoms with Gasteiger partial charge in [0.25, 0.3) is 0 Å². The second kappa shape index (κ2) is 6.21. The largest absolute Gasteiger partial charge is 0.393 e. The summed E-state index contributed by atoms with van der Waals surface area (Å²) in [6.45, 7) is 2.18. The quantitative estimate of drug-likeness (QED) is 0.787. The maximum Gasteiger partial charge on any atom is 0.393 e. The summed E-state index contributed by atoms with van der Waals surface area (Å²) in [5.41, 5.74) is 0. The zero-order chi connectivity index (χ0) is 15.6. The number of carbonyl (C=O) groups excluding carboxylic acids is 2. The van der Waals surface area contributed by atoms with Crippen LogP contribution < -0.4 is 10.6 Å². The number of carbonyl (C=O) groups is 2. The molecule has 2 N–H and O–H groups in total. The molecule has 2 saturated heterocycles. The summed E-state index contributed by atoms with van der Waals surface area (Å²) in [4.78, 5) is 24.8. The van der Waals surface area contributed by atoms with E-state index in [1.54, 1.807) is 4.90 Å². The van der Waals surface area contributed by atoms with Crippen LogP contribution in [-0.2, 0) is 9.59 Å². The van der Waals surface area contributed by atoms with Gasteiger partial charge < -0.3 is 15.5 Å². The molecule has 0 radical (unpaired) electrons. The number of amides is 2. The molecule has 2 amide bonds. The highest BCUT2D eigenvalue weighted by molar-refractivity contribution is 5.82. The molecule has 3 atom stereocenters. The van der Waals surface area contributed by atoms with Gasteiger partial charge in [0.1, 0.15) is 0 Å². The van der Waals surface area contributed by atoms with Crippen molar-refractivity contribution >= 4 is 11.8 Å². The lowest BCUT2D eigenvalue weighted by Gasteiger charge is -2.32. The van der Waals surface area contributed by atoms with Crippen molar-refractivity contribution in [1.82, 2.24) is 15.5 Å². The Morgan fingerprint density at radius 1 is 1.24 bits per heavy atom. The fraction of sp³-hybridized carbons (Fsp3) is 0.846. The first-order valence-electron chi connectivity index (χ1n) is 7.13. The average Bonchev–Trinajstić information content (AvgIpc) is 2.84. The third-order valence-corrected chi connectivity index (χ3v) is 4.08. The molecule has 2 rings (SSSR count). The first-order chi connectivity index (χ1) is 9.77. The predicted molar refractivity (Wildman–Crippen MR) is 69.4 cm³/mol. The number of hydrogen-bond acceptors (Lipinski definition) is 3. The summed E-state index contributed by atoms with van der Waals surface area (Å²) < 4.78 is 37.7. The number of nitrogens with one attached hydrogen (secondary N) is 2. The zero-order valence-electron chi connectivity index (χ0n) is 11.9. The molecule has 0 bridgehead atoms. The number of hydrogen-bond donors (Lipinski definition) is 2. The van der Waals surface area contributed by atoms with Gasteiger partial charge in [-0.2, -0.15) is 13.2 Å². The first kappa shape index (κ1) is 16.1. The van der Waals surface area contributed by atoms with Crippen LogP contribution in [0, 0.1) is 5.92 Å². The van der Waals surface area contributed by atoms with Crippen molar-refractivity contribution in [2.75, 3.05) is 19.6 Å². The van der Waals surface area contributed by atoms with Crippen LogP contribution in [0.2, 0.25) is 0 Å². The molecule has 0 saturated carbocycles. The fourth-order valence-electron chi connectivity index (χ4n) is 2.93. The number of nitrogens with zero attached hydrogens (tertiary/aromatic N) is 1. The Balaban J connectivity index is 1.82. The lowest BCUT2D eigenvalue weighted by molar-refractivity contribution is -0.180. The van der Waals surface area contributed by atoms with E-state index in [0.717, 1.165) is 0 Å². The van der Waals surface area contributed by atoms with Gasteiger partial charge in [-0.05, 0) is 19.3 Å². The second-order valence-corrected chi connectivity index (χ2v) is 5.75. The highest BCUT2D eigenvalue weighted by atomic mass is 19.4. The maximum atomic E-state index is 12.6. The predicted octanol–water partition coefficient (Wildman–Crippen LogP) is 0.654. The molecule has 0 aromatic carbocycles. The van der Waals surface area contributed by atoms with Crippen molar-refractivity contribution < 1.29 is 22.8 Å². The molecule has 5 nitrogen and oxygen atoms in total.